The number of carbonyl (C=O) groups is 1. The molecule has 2 aromatic rings. The van der Waals surface area contributed by atoms with E-state index in [9.17, 15) is 4.79 Å². The molecule has 0 unspecified atom stereocenters. The summed E-state index contributed by atoms with van der Waals surface area (Å²) in [4.78, 5) is 15.9. The monoisotopic (exact) mass is 273 g/mol. The Balaban J connectivity index is 2.32. The van der Waals surface area contributed by atoms with Crippen molar-refractivity contribution >= 4 is 16.9 Å². The zero-order chi connectivity index (χ0) is 14.5. The predicted octanol–water partition coefficient (Wildman–Crippen LogP) is 3.05. The SMILES string of the molecule is CCOC(=O)COc1cc(C)nc2ccc(CC)cc12. The second-order valence-corrected chi connectivity index (χ2v) is 4.56. The number of esters is 1. The average Bonchev–Trinajstić information content (AvgIpc) is 2.44. The topological polar surface area (TPSA) is 48.4 Å². The highest BCUT2D eigenvalue weighted by Gasteiger charge is 2.09. The Morgan fingerprint density at radius 3 is 2.75 bits per heavy atom. The Morgan fingerprint density at radius 2 is 2.05 bits per heavy atom. The minimum absolute atomic E-state index is 0.0806. The first-order valence-corrected chi connectivity index (χ1v) is 6.82. The summed E-state index contributed by atoms with van der Waals surface area (Å²) in [7, 11) is 0. The lowest BCUT2D eigenvalue weighted by molar-refractivity contribution is -0.145. The second kappa shape index (κ2) is 6.37. The lowest BCUT2D eigenvalue weighted by atomic mass is 10.1. The lowest BCUT2D eigenvalue weighted by Crippen LogP contribution is -2.14. The highest BCUT2D eigenvalue weighted by atomic mass is 16.6. The Morgan fingerprint density at radius 1 is 1.25 bits per heavy atom. The van der Waals surface area contributed by atoms with Gasteiger partial charge in [-0.05, 0) is 38.0 Å². The molecule has 0 bridgehead atoms. The summed E-state index contributed by atoms with van der Waals surface area (Å²) in [5.41, 5.74) is 2.95. The summed E-state index contributed by atoms with van der Waals surface area (Å²) >= 11 is 0. The van der Waals surface area contributed by atoms with Crippen molar-refractivity contribution in [3.63, 3.8) is 0 Å². The number of ether oxygens (including phenoxy) is 2. The Kier molecular flexibility index (Phi) is 4.56. The van der Waals surface area contributed by atoms with Crippen molar-refractivity contribution in [1.82, 2.24) is 4.98 Å². The van der Waals surface area contributed by atoms with E-state index in [2.05, 4.69) is 24.0 Å². The molecule has 0 atom stereocenters. The fourth-order valence-corrected chi connectivity index (χ4v) is 2.05. The van der Waals surface area contributed by atoms with Crippen LogP contribution in [0.25, 0.3) is 10.9 Å². The third kappa shape index (κ3) is 3.26. The smallest absolute Gasteiger partial charge is 0.344 e. The molecule has 0 saturated carbocycles. The molecule has 0 aliphatic heterocycles. The molecule has 1 aromatic carbocycles. The molecular weight excluding hydrogens is 254 g/mol. The maximum atomic E-state index is 11.4. The van der Waals surface area contributed by atoms with Gasteiger partial charge in [-0.25, -0.2) is 4.79 Å². The number of aromatic nitrogens is 1. The van der Waals surface area contributed by atoms with Crippen LogP contribution in [-0.4, -0.2) is 24.2 Å². The van der Waals surface area contributed by atoms with Crippen LogP contribution in [0, 0.1) is 6.92 Å². The number of benzene rings is 1. The van der Waals surface area contributed by atoms with E-state index in [4.69, 9.17) is 9.47 Å². The average molecular weight is 273 g/mol. The summed E-state index contributed by atoms with van der Waals surface area (Å²) in [5.74, 6) is 0.317. The van der Waals surface area contributed by atoms with Crippen molar-refractivity contribution in [2.75, 3.05) is 13.2 Å². The van der Waals surface area contributed by atoms with Crippen LogP contribution < -0.4 is 4.74 Å². The summed E-state index contributed by atoms with van der Waals surface area (Å²) in [6.45, 7) is 6.06. The molecule has 1 heterocycles. The molecule has 0 aliphatic rings. The molecule has 0 radical (unpaired) electrons. The number of hydrogen-bond acceptors (Lipinski definition) is 4. The van der Waals surface area contributed by atoms with Crippen LogP contribution in [0.2, 0.25) is 0 Å². The van der Waals surface area contributed by atoms with Crippen LogP contribution in [0.15, 0.2) is 24.3 Å². The van der Waals surface area contributed by atoms with Gasteiger partial charge in [0.1, 0.15) is 5.75 Å². The van der Waals surface area contributed by atoms with E-state index in [0.29, 0.717) is 12.4 Å². The zero-order valence-electron chi connectivity index (χ0n) is 12.1. The van der Waals surface area contributed by atoms with Gasteiger partial charge in [0.15, 0.2) is 6.61 Å². The molecular formula is C16H19NO3. The van der Waals surface area contributed by atoms with E-state index in [1.54, 1.807) is 6.92 Å². The normalized spacial score (nSPS) is 10.6. The number of aryl methyl sites for hydroxylation is 2. The van der Waals surface area contributed by atoms with E-state index in [1.165, 1.54) is 5.56 Å². The summed E-state index contributed by atoms with van der Waals surface area (Å²) in [6.07, 6.45) is 0.946. The van der Waals surface area contributed by atoms with Gasteiger partial charge in [0.2, 0.25) is 0 Å². The molecule has 0 fully saturated rings. The lowest BCUT2D eigenvalue weighted by Gasteiger charge is -2.10. The van der Waals surface area contributed by atoms with Gasteiger partial charge in [-0.2, -0.15) is 0 Å². The van der Waals surface area contributed by atoms with E-state index in [0.717, 1.165) is 23.0 Å². The predicted molar refractivity (Wildman–Crippen MR) is 78.0 cm³/mol. The minimum Gasteiger partial charge on any atom is -0.481 e. The Bertz CT molecular complexity index is 622. The first kappa shape index (κ1) is 14.3. The van der Waals surface area contributed by atoms with Crippen LogP contribution in [-0.2, 0) is 16.0 Å². The molecule has 4 nitrogen and oxygen atoms in total. The number of nitrogens with zero attached hydrogens (tertiary/aromatic N) is 1. The van der Waals surface area contributed by atoms with E-state index < -0.39 is 0 Å². The van der Waals surface area contributed by atoms with Crippen LogP contribution in [0.5, 0.6) is 5.75 Å². The second-order valence-electron chi connectivity index (χ2n) is 4.56. The van der Waals surface area contributed by atoms with Crippen molar-refractivity contribution in [3.8, 4) is 5.75 Å². The molecule has 20 heavy (non-hydrogen) atoms. The largest absolute Gasteiger partial charge is 0.481 e. The van der Waals surface area contributed by atoms with Crippen molar-refractivity contribution in [2.45, 2.75) is 27.2 Å². The van der Waals surface area contributed by atoms with Gasteiger partial charge in [0.25, 0.3) is 0 Å². The van der Waals surface area contributed by atoms with Gasteiger partial charge < -0.3 is 9.47 Å². The van der Waals surface area contributed by atoms with Gasteiger partial charge in [0, 0.05) is 17.1 Å². The quantitative estimate of drug-likeness (QED) is 0.786. The maximum Gasteiger partial charge on any atom is 0.344 e. The molecule has 0 N–H and O–H groups in total. The van der Waals surface area contributed by atoms with Crippen LogP contribution in [0.4, 0.5) is 0 Å². The van der Waals surface area contributed by atoms with Crippen molar-refractivity contribution in [3.05, 3.63) is 35.5 Å². The summed E-state index contributed by atoms with van der Waals surface area (Å²) in [6, 6.07) is 7.95. The Labute approximate surface area is 118 Å². The summed E-state index contributed by atoms with van der Waals surface area (Å²) in [5, 5.41) is 0.930. The third-order valence-corrected chi connectivity index (χ3v) is 3.02. The van der Waals surface area contributed by atoms with Crippen molar-refractivity contribution in [1.29, 1.82) is 0 Å². The van der Waals surface area contributed by atoms with E-state index in [-0.39, 0.29) is 12.6 Å². The first-order valence-electron chi connectivity index (χ1n) is 6.82. The van der Waals surface area contributed by atoms with Crippen LogP contribution in [0.3, 0.4) is 0 Å². The molecule has 0 saturated heterocycles. The minimum atomic E-state index is -0.359. The van der Waals surface area contributed by atoms with Crippen molar-refractivity contribution < 1.29 is 14.3 Å². The number of rotatable bonds is 5. The highest BCUT2D eigenvalue weighted by molar-refractivity contribution is 5.86. The molecule has 106 valence electrons. The van der Waals surface area contributed by atoms with E-state index >= 15 is 0 Å². The van der Waals surface area contributed by atoms with Crippen molar-refractivity contribution in [2.24, 2.45) is 0 Å². The highest BCUT2D eigenvalue weighted by Crippen LogP contribution is 2.26. The molecule has 2 rings (SSSR count). The molecule has 1 aromatic heterocycles. The first-order chi connectivity index (χ1) is 9.63. The molecule has 0 amide bonds. The van der Waals surface area contributed by atoms with Gasteiger partial charge in [-0.3, -0.25) is 4.98 Å². The van der Waals surface area contributed by atoms with Gasteiger partial charge in [-0.15, -0.1) is 0 Å². The molecule has 0 spiro atoms. The third-order valence-electron chi connectivity index (χ3n) is 3.02. The Hall–Kier alpha value is -2.10. The number of carbonyl (C=O) groups excluding carboxylic acids is 1. The number of fused-ring (bicyclic) bond motifs is 1. The summed E-state index contributed by atoms with van der Waals surface area (Å²) < 4.78 is 10.5. The fourth-order valence-electron chi connectivity index (χ4n) is 2.05. The molecule has 0 aliphatic carbocycles. The standard InChI is InChI=1S/C16H19NO3/c1-4-12-6-7-14-13(9-12)15(8-11(3)17-14)20-10-16(18)19-5-2/h6-9H,4-5,10H2,1-3H3. The van der Waals surface area contributed by atoms with Gasteiger partial charge in [-0.1, -0.05) is 13.0 Å². The van der Waals surface area contributed by atoms with Gasteiger partial charge >= 0.3 is 5.97 Å². The van der Waals surface area contributed by atoms with Gasteiger partial charge in [0.05, 0.1) is 12.1 Å². The zero-order valence-corrected chi connectivity index (χ0v) is 12.1. The van der Waals surface area contributed by atoms with Crippen LogP contribution in [0.1, 0.15) is 25.1 Å². The maximum absolute atomic E-state index is 11.4. The molecule has 4 heteroatoms. The number of hydrogen-bond donors (Lipinski definition) is 0. The van der Waals surface area contributed by atoms with E-state index in [1.807, 2.05) is 19.1 Å². The number of pyridine rings is 1. The van der Waals surface area contributed by atoms with Crippen LogP contribution >= 0.6 is 0 Å². The fraction of sp³-hybridized carbons (Fsp3) is 0.375.